The van der Waals surface area contributed by atoms with E-state index in [-0.39, 0.29) is 0 Å². The average molecular weight is 328 g/mol. The van der Waals surface area contributed by atoms with Crippen LogP contribution in [0.2, 0.25) is 0 Å². The van der Waals surface area contributed by atoms with Crippen LogP contribution in [-0.4, -0.2) is 34.6 Å². The summed E-state index contributed by atoms with van der Waals surface area (Å²) in [6.07, 6.45) is 3.55. The maximum Gasteiger partial charge on any atom is 0.172 e. The molecule has 1 N–H and O–H groups in total. The lowest BCUT2D eigenvalue weighted by Gasteiger charge is -2.29. The van der Waals surface area contributed by atoms with E-state index in [1.165, 1.54) is 0 Å². The number of hydrogen-bond acceptors (Lipinski definition) is 5. The van der Waals surface area contributed by atoms with E-state index in [1.807, 2.05) is 47.4 Å². The summed E-state index contributed by atoms with van der Waals surface area (Å²) >= 11 is 0. The van der Waals surface area contributed by atoms with E-state index in [4.69, 9.17) is 4.99 Å². The van der Waals surface area contributed by atoms with E-state index in [0.29, 0.717) is 31.2 Å². The summed E-state index contributed by atoms with van der Waals surface area (Å²) in [5, 5.41) is 13.0. The van der Waals surface area contributed by atoms with Crippen molar-refractivity contribution >= 4 is 17.4 Å². The van der Waals surface area contributed by atoms with Crippen LogP contribution in [0.15, 0.2) is 70.5 Å². The van der Waals surface area contributed by atoms with E-state index < -0.39 is 0 Å². The van der Waals surface area contributed by atoms with Crippen molar-refractivity contribution in [3.63, 3.8) is 0 Å². The molecule has 0 amide bonds. The Balaban J connectivity index is 1.73. The van der Waals surface area contributed by atoms with Crippen molar-refractivity contribution in [2.75, 3.05) is 13.1 Å². The molecule has 0 radical (unpaired) electrons. The van der Waals surface area contributed by atoms with Crippen LogP contribution in [0.1, 0.15) is 11.1 Å². The van der Waals surface area contributed by atoms with Crippen LogP contribution < -0.4 is 5.32 Å². The highest BCUT2D eigenvalue weighted by Crippen LogP contribution is 2.25. The quantitative estimate of drug-likeness (QED) is 0.937. The molecule has 1 aromatic carbocycles. The zero-order valence-electron chi connectivity index (χ0n) is 13.6. The van der Waals surface area contributed by atoms with Gasteiger partial charge in [-0.05, 0) is 11.6 Å². The number of fused-ring (bicyclic) bond motifs is 1. The first-order valence-corrected chi connectivity index (χ1v) is 8.09. The number of nitrogens with one attached hydrogen (secondary N) is 1. The molecular formula is C19H16N6. The fourth-order valence-electron chi connectivity index (χ4n) is 2.94. The first kappa shape index (κ1) is 15.1. The Bertz CT molecular complexity index is 906. The van der Waals surface area contributed by atoms with Gasteiger partial charge in [-0.3, -0.25) is 15.0 Å². The van der Waals surface area contributed by atoms with Crippen LogP contribution in [0.4, 0.5) is 0 Å². The maximum absolute atomic E-state index is 9.67. The highest BCUT2D eigenvalue weighted by atomic mass is 15.3. The molecule has 122 valence electrons. The van der Waals surface area contributed by atoms with Crippen molar-refractivity contribution in [1.82, 2.24) is 15.2 Å². The summed E-state index contributed by atoms with van der Waals surface area (Å²) in [4.78, 5) is 15.3. The SMILES string of the molecule is N#CC1=C(c2ccccc2)NC(=NCc2cccnc2)C2=NCCN21. The van der Waals surface area contributed by atoms with Crippen LogP contribution in [0.5, 0.6) is 0 Å². The van der Waals surface area contributed by atoms with Gasteiger partial charge in [-0.1, -0.05) is 36.4 Å². The number of pyridine rings is 1. The Kier molecular flexibility index (Phi) is 3.97. The van der Waals surface area contributed by atoms with Gasteiger partial charge in [0.05, 0.1) is 18.8 Å². The van der Waals surface area contributed by atoms with Gasteiger partial charge in [0.25, 0.3) is 0 Å². The second-order valence-corrected chi connectivity index (χ2v) is 5.71. The van der Waals surface area contributed by atoms with Crippen LogP contribution in [0.3, 0.4) is 0 Å². The van der Waals surface area contributed by atoms with Crippen molar-refractivity contribution in [2.24, 2.45) is 9.98 Å². The predicted octanol–water partition coefficient (Wildman–Crippen LogP) is 2.19. The van der Waals surface area contributed by atoms with Gasteiger partial charge >= 0.3 is 0 Å². The molecule has 0 saturated carbocycles. The van der Waals surface area contributed by atoms with Crippen molar-refractivity contribution in [3.05, 3.63) is 71.7 Å². The van der Waals surface area contributed by atoms with E-state index in [9.17, 15) is 5.26 Å². The first-order valence-electron chi connectivity index (χ1n) is 8.09. The Hall–Kier alpha value is -3.46. The summed E-state index contributed by atoms with van der Waals surface area (Å²) in [5.74, 6) is 1.43. The fourth-order valence-corrected chi connectivity index (χ4v) is 2.94. The van der Waals surface area contributed by atoms with Gasteiger partial charge < -0.3 is 10.2 Å². The second-order valence-electron chi connectivity index (χ2n) is 5.71. The molecular weight excluding hydrogens is 312 g/mol. The average Bonchev–Trinajstić information content (AvgIpc) is 3.17. The highest BCUT2D eigenvalue weighted by molar-refractivity contribution is 6.43. The molecule has 0 fully saturated rings. The first-order chi connectivity index (χ1) is 12.4. The molecule has 0 spiro atoms. The van der Waals surface area contributed by atoms with Crippen molar-refractivity contribution < 1.29 is 0 Å². The van der Waals surface area contributed by atoms with Gasteiger partial charge in [0.1, 0.15) is 11.8 Å². The van der Waals surface area contributed by atoms with Gasteiger partial charge in [-0.25, -0.2) is 0 Å². The topological polar surface area (TPSA) is 76.7 Å². The summed E-state index contributed by atoms with van der Waals surface area (Å²) in [7, 11) is 0. The van der Waals surface area contributed by atoms with Gasteiger partial charge in [-0.15, -0.1) is 0 Å². The molecule has 0 atom stereocenters. The lowest BCUT2D eigenvalue weighted by molar-refractivity contribution is 0.580. The number of hydrogen-bond donors (Lipinski definition) is 1. The third-order valence-electron chi connectivity index (χ3n) is 4.11. The zero-order valence-corrected chi connectivity index (χ0v) is 13.6. The van der Waals surface area contributed by atoms with Crippen LogP contribution in [-0.2, 0) is 6.54 Å². The third kappa shape index (κ3) is 2.88. The van der Waals surface area contributed by atoms with E-state index in [1.54, 1.807) is 12.4 Å². The van der Waals surface area contributed by atoms with Gasteiger partial charge in [-0.2, -0.15) is 5.26 Å². The molecule has 4 rings (SSSR count). The molecule has 0 aliphatic carbocycles. The second kappa shape index (κ2) is 6.57. The minimum absolute atomic E-state index is 0.507. The number of benzene rings is 1. The van der Waals surface area contributed by atoms with Gasteiger partial charge in [0.2, 0.25) is 0 Å². The largest absolute Gasteiger partial charge is 0.335 e. The number of nitrogens with zero attached hydrogens (tertiary/aromatic N) is 5. The summed E-state index contributed by atoms with van der Waals surface area (Å²) in [6, 6.07) is 16.0. The Morgan fingerprint density at radius 2 is 2.08 bits per heavy atom. The van der Waals surface area contributed by atoms with E-state index >= 15 is 0 Å². The van der Waals surface area contributed by atoms with Gasteiger partial charge in [0.15, 0.2) is 11.7 Å². The van der Waals surface area contributed by atoms with Crippen molar-refractivity contribution in [2.45, 2.75) is 6.54 Å². The Labute approximate surface area is 145 Å². The molecule has 1 aromatic heterocycles. The van der Waals surface area contributed by atoms with Crippen LogP contribution in [0.25, 0.3) is 5.70 Å². The molecule has 0 saturated heterocycles. The normalized spacial score (nSPS) is 17.8. The molecule has 0 unspecified atom stereocenters. The molecule has 6 heteroatoms. The smallest absolute Gasteiger partial charge is 0.172 e. The van der Waals surface area contributed by atoms with E-state index in [2.05, 4.69) is 21.4 Å². The third-order valence-corrected chi connectivity index (χ3v) is 4.11. The number of amidine groups is 2. The number of nitriles is 1. The van der Waals surface area contributed by atoms with Crippen molar-refractivity contribution in [3.8, 4) is 6.07 Å². The van der Waals surface area contributed by atoms with Crippen LogP contribution >= 0.6 is 0 Å². The summed E-state index contributed by atoms with van der Waals surface area (Å²) in [5.41, 5.74) is 3.34. The summed E-state index contributed by atoms with van der Waals surface area (Å²) < 4.78 is 0. The molecule has 6 nitrogen and oxygen atoms in total. The molecule has 2 aliphatic heterocycles. The maximum atomic E-state index is 9.67. The zero-order chi connectivity index (χ0) is 17.1. The Morgan fingerprint density at radius 1 is 1.20 bits per heavy atom. The predicted molar refractivity (Wildman–Crippen MR) is 96.5 cm³/mol. The molecule has 2 aliphatic rings. The van der Waals surface area contributed by atoms with E-state index in [0.717, 1.165) is 22.7 Å². The van der Waals surface area contributed by atoms with Crippen LogP contribution in [0, 0.1) is 11.3 Å². The lowest BCUT2D eigenvalue weighted by atomic mass is 10.1. The van der Waals surface area contributed by atoms with Crippen molar-refractivity contribution in [1.29, 1.82) is 5.26 Å². The highest BCUT2D eigenvalue weighted by Gasteiger charge is 2.33. The molecule has 25 heavy (non-hydrogen) atoms. The lowest BCUT2D eigenvalue weighted by Crippen LogP contribution is -2.45. The Morgan fingerprint density at radius 3 is 2.84 bits per heavy atom. The number of allylic oxidation sites excluding steroid dienone is 1. The number of rotatable bonds is 3. The minimum Gasteiger partial charge on any atom is -0.335 e. The minimum atomic E-state index is 0.507. The fraction of sp³-hybridized carbons (Fsp3) is 0.158. The number of aromatic nitrogens is 1. The molecule has 2 aromatic rings. The van der Waals surface area contributed by atoms with Gasteiger partial charge in [0, 0.05) is 24.5 Å². The molecule has 3 heterocycles. The monoisotopic (exact) mass is 328 g/mol. The summed E-state index contributed by atoms with van der Waals surface area (Å²) in [6.45, 7) is 1.87. The standard InChI is InChI=1S/C19H16N6/c20-11-16-17(15-6-2-1-3-7-15)24-18(19-22-9-10-25(16)19)23-13-14-5-4-8-21-12-14/h1-8,12H,9-10,13H2,(H,23,24). The molecule has 0 bridgehead atoms. The number of aliphatic imine (C=N–C) groups is 2.